The van der Waals surface area contributed by atoms with Crippen LogP contribution >= 0.6 is 11.6 Å². The lowest BCUT2D eigenvalue weighted by atomic mass is 10.1. The SMILES string of the molecule is CNCc1ccc(N(CCO)C(C)C)cc1Cl. The van der Waals surface area contributed by atoms with Gasteiger partial charge in [0, 0.05) is 29.8 Å². The minimum Gasteiger partial charge on any atom is -0.395 e. The molecular formula is C13H21ClN2O. The normalized spacial score (nSPS) is 10.9. The molecule has 2 N–H and O–H groups in total. The molecule has 0 saturated carbocycles. The van der Waals surface area contributed by atoms with Gasteiger partial charge in [-0.25, -0.2) is 0 Å². The summed E-state index contributed by atoms with van der Waals surface area (Å²) < 4.78 is 0. The van der Waals surface area contributed by atoms with Gasteiger partial charge in [0.2, 0.25) is 0 Å². The van der Waals surface area contributed by atoms with Crippen LogP contribution in [-0.4, -0.2) is 31.3 Å². The molecule has 0 aromatic heterocycles. The fourth-order valence-electron chi connectivity index (χ4n) is 1.84. The van der Waals surface area contributed by atoms with Crippen molar-refractivity contribution in [1.29, 1.82) is 0 Å². The van der Waals surface area contributed by atoms with Gasteiger partial charge in [-0.3, -0.25) is 0 Å². The van der Waals surface area contributed by atoms with E-state index in [4.69, 9.17) is 16.7 Å². The van der Waals surface area contributed by atoms with Crippen LogP contribution < -0.4 is 10.2 Å². The number of hydrogen-bond donors (Lipinski definition) is 2. The van der Waals surface area contributed by atoms with Crippen LogP contribution in [-0.2, 0) is 6.54 Å². The number of benzene rings is 1. The van der Waals surface area contributed by atoms with Gasteiger partial charge in [0.25, 0.3) is 0 Å². The van der Waals surface area contributed by atoms with E-state index in [1.807, 2.05) is 25.2 Å². The van der Waals surface area contributed by atoms with Crippen molar-refractivity contribution in [2.24, 2.45) is 0 Å². The van der Waals surface area contributed by atoms with Crippen LogP contribution in [0.15, 0.2) is 18.2 Å². The zero-order valence-corrected chi connectivity index (χ0v) is 11.5. The van der Waals surface area contributed by atoms with Gasteiger partial charge in [-0.05, 0) is 38.6 Å². The maximum atomic E-state index is 9.07. The first-order valence-corrected chi connectivity index (χ1v) is 6.28. The summed E-state index contributed by atoms with van der Waals surface area (Å²) in [6, 6.07) is 6.38. The summed E-state index contributed by atoms with van der Waals surface area (Å²) in [4.78, 5) is 2.13. The van der Waals surface area contributed by atoms with Crippen molar-refractivity contribution >= 4 is 17.3 Å². The number of aliphatic hydroxyl groups is 1. The lowest BCUT2D eigenvalue weighted by molar-refractivity contribution is 0.299. The van der Waals surface area contributed by atoms with Crippen LogP contribution in [0.2, 0.25) is 5.02 Å². The number of anilines is 1. The van der Waals surface area contributed by atoms with Crippen molar-refractivity contribution in [3.8, 4) is 0 Å². The quantitative estimate of drug-likeness (QED) is 0.820. The largest absolute Gasteiger partial charge is 0.395 e. The maximum Gasteiger partial charge on any atom is 0.0606 e. The first kappa shape index (κ1) is 14.3. The molecule has 1 aromatic rings. The van der Waals surface area contributed by atoms with Crippen molar-refractivity contribution in [3.63, 3.8) is 0 Å². The van der Waals surface area contributed by atoms with Crippen LogP contribution in [0, 0.1) is 0 Å². The summed E-state index contributed by atoms with van der Waals surface area (Å²) in [6.45, 7) is 5.74. The van der Waals surface area contributed by atoms with E-state index in [2.05, 4.69) is 24.1 Å². The Balaban J connectivity index is 2.93. The minimum atomic E-state index is 0.147. The summed E-state index contributed by atoms with van der Waals surface area (Å²) >= 11 is 6.23. The van der Waals surface area contributed by atoms with E-state index in [1.165, 1.54) is 0 Å². The van der Waals surface area contributed by atoms with Crippen LogP contribution in [0.1, 0.15) is 19.4 Å². The van der Waals surface area contributed by atoms with Gasteiger partial charge in [-0.15, -0.1) is 0 Å². The van der Waals surface area contributed by atoms with E-state index in [9.17, 15) is 0 Å². The van der Waals surface area contributed by atoms with Gasteiger partial charge in [0.15, 0.2) is 0 Å². The summed E-state index contributed by atoms with van der Waals surface area (Å²) in [7, 11) is 1.90. The fraction of sp³-hybridized carbons (Fsp3) is 0.538. The third-order valence-electron chi connectivity index (χ3n) is 2.70. The standard InChI is InChI=1S/C13H21ClN2O/c1-10(2)16(6-7-17)12-5-4-11(9-15-3)13(14)8-12/h4-5,8,10,15,17H,6-7,9H2,1-3H3. The third-order valence-corrected chi connectivity index (χ3v) is 3.05. The number of halogens is 1. The second-order valence-corrected chi connectivity index (χ2v) is 4.72. The minimum absolute atomic E-state index is 0.147. The van der Waals surface area contributed by atoms with E-state index in [0.29, 0.717) is 12.6 Å². The second kappa shape index (κ2) is 6.84. The Kier molecular flexibility index (Phi) is 5.75. The van der Waals surface area contributed by atoms with Crippen LogP contribution in [0.5, 0.6) is 0 Å². The van der Waals surface area contributed by atoms with Crippen molar-refractivity contribution < 1.29 is 5.11 Å². The van der Waals surface area contributed by atoms with Gasteiger partial charge >= 0.3 is 0 Å². The van der Waals surface area contributed by atoms with Crippen molar-refractivity contribution in [1.82, 2.24) is 5.32 Å². The van der Waals surface area contributed by atoms with Crippen LogP contribution in [0.25, 0.3) is 0 Å². The molecule has 0 bridgehead atoms. The highest BCUT2D eigenvalue weighted by atomic mass is 35.5. The molecule has 0 atom stereocenters. The van der Waals surface area contributed by atoms with Crippen LogP contribution in [0.4, 0.5) is 5.69 Å². The van der Waals surface area contributed by atoms with Gasteiger partial charge in [0.1, 0.15) is 0 Å². The second-order valence-electron chi connectivity index (χ2n) is 4.32. The number of hydrogen-bond acceptors (Lipinski definition) is 3. The van der Waals surface area contributed by atoms with E-state index >= 15 is 0 Å². The zero-order chi connectivity index (χ0) is 12.8. The first-order valence-electron chi connectivity index (χ1n) is 5.90. The molecule has 0 aliphatic rings. The van der Waals surface area contributed by atoms with Gasteiger partial charge in [-0.2, -0.15) is 0 Å². The molecule has 0 amide bonds. The molecule has 0 aliphatic heterocycles. The fourth-order valence-corrected chi connectivity index (χ4v) is 2.08. The van der Waals surface area contributed by atoms with E-state index in [-0.39, 0.29) is 6.61 Å². The van der Waals surface area contributed by atoms with Gasteiger partial charge in [0.05, 0.1) is 6.61 Å². The molecule has 0 spiro atoms. The average molecular weight is 257 g/mol. The molecule has 17 heavy (non-hydrogen) atoms. The van der Waals surface area contributed by atoms with Gasteiger partial charge < -0.3 is 15.3 Å². The molecule has 0 unspecified atom stereocenters. The average Bonchev–Trinajstić information content (AvgIpc) is 2.28. The number of rotatable bonds is 6. The lowest BCUT2D eigenvalue weighted by Gasteiger charge is -2.28. The van der Waals surface area contributed by atoms with Gasteiger partial charge in [-0.1, -0.05) is 17.7 Å². The number of nitrogens with zero attached hydrogens (tertiary/aromatic N) is 1. The molecule has 3 nitrogen and oxygen atoms in total. The molecule has 0 saturated heterocycles. The predicted octanol–water partition coefficient (Wildman–Crippen LogP) is 2.27. The Morgan fingerprint density at radius 2 is 2.12 bits per heavy atom. The Hall–Kier alpha value is -0.770. The van der Waals surface area contributed by atoms with Crippen molar-refractivity contribution in [2.45, 2.75) is 26.4 Å². The Labute approximate surface area is 108 Å². The topological polar surface area (TPSA) is 35.5 Å². The zero-order valence-electron chi connectivity index (χ0n) is 10.7. The Morgan fingerprint density at radius 1 is 1.41 bits per heavy atom. The van der Waals surface area contributed by atoms with E-state index in [1.54, 1.807) is 0 Å². The van der Waals surface area contributed by atoms with Crippen molar-refractivity contribution in [2.75, 3.05) is 25.1 Å². The summed E-state index contributed by atoms with van der Waals surface area (Å²) in [6.07, 6.45) is 0. The summed E-state index contributed by atoms with van der Waals surface area (Å²) in [5, 5.41) is 12.9. The molecule has 1 rings (SSSR count). The van der Waals surface area contributed by atoms with Crippen molar-refractivity contribution in [3.05, 3.63) is 28.8 Å². The van der Waals surface area contributed by atoms with E-state index < -0.39 is 0 Å². The monoisotopic (exact) mass is 256 g/mol. The molecule has 4 heteroatoms. The molecule has 0 fully saturated rings. The lowest BCUT2D eigenvalue weighted by Crippen LogP contribution is -2.33. The Morgan fingerprint density at radius 3 is 2.59 bits per heavy atom. The third kappa shape index (κ3) is 3.87. The molecule has 96 valence electrons. The molecule has 0 aliphatic carbocycles. The summed E-state index contributed by atoms with van der Waals surface area (Å²) in [5.74, 6) is 0. The number of aliphatic hydroxyl groups excluding tert-OH is 1. The highest BCUT2D eigenvalue weighted by Gasteiger charge is 2.11. The Bertz CT molecular complexity index is 355. The maximum absolute atomic E-state index is 9.07. The summed E-state index contributed by atoms with van der Waals surface area (Å²) in [5.41, 5.74) is 2.14. The first-order chi connectivity index (χ1) is 8.10. The predicted molar refractivity (Wildman–Crippen MR) is 73.8 cm³/mol. The molecule has 0 radical (unpaired) electrons. The molecule has 1 aromatic carbocycles. The molecule has 0 heterocycles. The highest BCUT2D eigenvalue weighted by Crippen LogP contribution is 2.24. The smallest absolute Gasteiger partial charge is 0.0606 e. The highest BCUT2D eigenvalue weighted by molar-refractivity contribution is 6.31. The van der Waals surface area contributed by atoms with E-state index in [0.717, 1.165) is 22.8 Å². The molecular weight excluding hydrogens is 236 g/mol. The van der Waals surface area contributed by atoms with Crippen LogP contribution in [0.3, 0.4) is 0 Å². The number of nitrogens with one attached hydrogen (secondary N) is 1.